The summed E-state index contributed by atoms with van der Waals surface area (Å²) in [5, 5.41) is 7.72. The maximum atomic E-state index is 9.37. The van der Waals surface area contributed by atoms with E-state index in [1.165, 1.54) is 0 Å². The van der Waals surface area contributed by atoms with Crippen molar-refractivity contribution in [2.75, 3.05) is 0 Å². The Balaban J connectivity index is 0. The minimum Gasteiger partial charge on any atom is -0.481 e. The van der Waals surface area contributed by atoms with Gasteiger partial charge in [0.25, 0.3) is 0 Å². The molecule has 0 aromatic rings. The summed E-state index contributed by atoms with van der Waals surface area (Å²) in [5.41, 5.74) is 0. The van der Waals surface area contributed by atoms with E-state index >= 15 is 0 Å². The second kappa shape index (κ2) is 4.47. The van der Waals surface area contributed by atoms with Crippen LogP contribution in [0.5, 0.6) is 0 Å². The van der Waals surface area contributed by atoms with Gasteiger partial charge in [-0.1, -0.05) is 14.4 Å². The molecule has 2 nitrogen and oxygen atoms in total. The summed E-state index contributed by atoms with van der Waals surface area (Å²) < 4.78 is 0. The number of hydrogen-bond acceptors (Lipinski definition) is 1. The Bertz CT molecular complexity index is 40.8. The third kappa shape index (κ3) is 9.80. The molecule has 0 radical (unpaired) electrons. The third-order valence-corrected chi connectivity index (χ3v) is 0.302. The quantitative estimate of drug-likeness (QED) is 0.523. The molecular formula is C4H10O2. The van der Waals surface area contributed by atoms with E-state index in [1.54, 1.807) is 6.92 Å². The molecule has 0 unspecified atom stereocenters. The normalized spacial score (nSPS) is 6.17. The van der Waals surface area contributed by atoms with Gasteiger partial charge < -0.3 is 5.11 Å². The molecule has 6 heavy (non-hydrogen) atoms. The Kier molecular flexibility index (Phi) is 6.76. The molecule has 0 aromatic heterocycles. The van der Waals surface area contributed by atoms with Crippen molar-refractivity contribution in [1.29, 1.82) is 0 Å². The monoisotopic (exact) mass is 90.1 g/mol. The predicted octanol–water partition coefficient (Wildman–Crippen LogP) is 1.12. The first-order valence-corrected chi connectivity index (χ1v) is 1.49. The van der Waals surface area contributed by atoms with Crippen molar-refractivity contribution in [3.8, 4) is 0 Å². The van der Waals surface area contributed by atoms with Crippen LogP contribution in [0.25, 0.3) is 0 Å². The molecule has 0 amide bonds. The van der Waals surface area contributed by atoms with E-state index in [4.69, 9.17) is 5.11 Å². The first kappa shape index (κ1) is 9.08. The molecule has 0 atom stereocenters. The maximum absolute atomic E-state index is 9.37. The first-order chi connectivity index (χ1) is 2.27. The lowest BCUT2D eigenvalue weighted by Gasteiger charge is -1.71. The summed E-state index contributed by atoms with van der Waals surface area (Å²) >= 11 is 0. The Morgan fingerprint density at radius 2 is 2.00 bits per heavy atom. The highest BCUT2D eigenvalue weighted by Crippen LogP contribution is 1.67. The molecule has 0 saturated heterocycles. The van der Waals surface area contributed by atoms with Gasteiger partial charge in [0, 0.05) is 6.42 Å². The molecule has 2 heteroatoms. The van der Waals surface area contributed by atoms with Gasteiger partial charge in [-0.15, -0.1) is 0 Å². The fraction of sp³-hybridized carbons (Fsp3) is 0.750. The minimum atomic E-state index is -0.745. The predicted molar refractivity (Wildman–Crippen MR) is 24.7 cm³/mol. The van der Waals surface area contributed by atoms with Gasteiger partial charge in [-0.3, -0.25) is 4.79 Å². The van der Waals surface area contributed by atoms with Gasteiger partial charge >= 0.3 is 5.97 Å². The summed E-state index contributed by atoms with van der Waals surface area (Å²) in [6, 6.07) is 0. The largest absolute Gasteiger partial charge is 0.481 e. The zero-order valence-corrected chi connectivity index (χ0v) is 3.06. The highest BCUT2D eigenvalue weighted by Gasteiger charge is 1.80. The van der Waals surface area contributed by atoms with Crippen LogP contribution in [0.1, 0.15) is 20.8 Å². The lowest BCUT2D eigenvalue weighted by atomic mass is 10.5. The summed E-state index contributed by atoms with van der Waals surface area (Å²) in [5.74, 6) is -0.745. The fourth-order valence-electron chi connectivity index (χ4n) is 0. The third-order valence-electron chi connectivity index (χ3n) is 0.302. The molecular weight excluding hydrogens is 80.0 g/mol. The van der Waals surface area contributed by atoms with E-state index in [1.807, 2.05) is 0 Å². The number of hydrogen-bond donors (Lipinski definition) is 1. The Morgan fingerprint density at radius 3 is 2.00 bits per heavy atom. The molecule has 0 spiro atoms. The number of aliphatic carboxylic acids is 1. The highest BCUT2D eigenvalue weighted by atomic mass is 16.4. The van der Waals surface area contributed by atoms with Gasteiger partial charge in [0.1, 0.15) is 0 Å². The van der Waals surface area contributed by atoms with Gasteiger partial charge in [-0.25, -0.2) is 0 Å². The van der Waals surface area contributed by atoms with E-state index in [2.05, 4.69) is 0 Å². The van der Waals surface area contributed by atoms with Crippen LogP contribution in [-0.4, -0.2) is 11.1 Å². The Morgan fingerprint density at radius 1 is 1.83 bits per heavy atom. The number of carbonyl (C=O) groups is 1. The number of rotatable bonds is 1. The van der Waals surface area contributed by atoms with Crippen LogP contribution in [0.4, 0.5) is 0 Å². The van der Waals surface area contributed by atoms with Crippen LogP contribution < -0.4 is 0 Å². The van der Waals surface area contributed by atoms with Gasteiger partial charge in [-0.2, -0.15) is 0 Å². The summed E-state index contributed by atoms with van der Waals surface area (Å²) in [6.45, 7) is 1.60. The average molecular weight is 90.1 g/mol. The molecule has 0 bridgehead atoms. The zero-order chi connectivity index (χ0) is 4.28. The SMILES string of the molecule is C.CCC(=O)O. The molecule has 0 aliphatic heterocycles. The molecule has 1 N–H and O–H groups in total. The summed E-state index contributed by atoms with van der Waals surface area (Å²) in [7, 11) is 0. The van der Waals surface area contributed by atoms with Crippen molar-refractivity contribution < 1.29 is 9.90 Å². The fourth-order valence-corrected chi connectivity index (χ4v) is 0. The van der Waals surface area contributed by atoms with E-state index in [-0.39, 0.29) is 13.8 Å². The summed E-state index contributed by atoms with van der Waals surface area (Å²) in [4.78, 5) is 9.37. The second-order valence-electron chi connectivity index (χ2n) is 0.747. The van der Waals surface area contributed by atoms with Crippen molar-refractivity contribution in [2.24, 2.45) is 0 Å². The topological polar surface area (TPSA) is 37.3 Å². The Hall–Kier alpha value is -0.530. The molecule has 0 aromatic carbocycles. The van der Waals surface area contributed by atoms with E-state index in [9.17, 15) is 4.79 Å². The van der Waals surface area contributed by atoms with Crippen molar-refractivity contribution in [3.05, 3.63) is 0 Å². The van der Waals surface area contributed by atoms with Gasteiger partial charge in [0.05, 0.1) is 0 Å². The zero-order valence-electron chi connectivity index (χ0n) is 3.06. The van der Waals surface area contributed by atoms with Crippen LogP contribution in [0.15, 0.2) is 0 Å². The summed E-state index contributed by atoms with van der Waals surface area (Å²) in [6.07, 6.45) is 0.222. The van der Waals surface area contributed by atoms with E-state index in [0.29, 0.717) is 0 Å². The molecule has 0 aliphatic carbocycles. The van der Waals surface area contributed by atoms with Crippen LogP contribution >= 0.6 is 0 Å². The second-order valence-corrected chi connectivity index (χ2v) is 0.747. The molecule has 0 heterocycles. The van der Waals surface area contributed by atoms with Crippen molar-refractivity contribution in [1.82, 2.24) is 0 Å². The van der Waals surface area contributed by atoms with Crippen LogP contribution in [-0.2, 0) is 4.79 Å². The first-order valence-electron chi connectivity index (χ1n) is 1.49. The van der Waals surface area contributed by atoms with Gasteiger partial charge in [0.2, 0.25) is 0 Å². The molecule has 0 aliphatic rings. The highest BCUT2D eigenvalue weighted by molar-refractivity contribution is 5.66. The lowest BCUT2D eigenvalue weighted by molar-refractivity contribution is -0.136. The smallest absolute Gasteiger partial charge is 0.303 e. The molecule has 38 valence electrons. The van der Waals surface area contributed by atoms with Crippen molar-refractivity contribution in [3.63, 3.8) is 0 Å². The van der Waals surface area contributed by atoms with Crippen LogP contribution in [0, 0.1) is 0 Å². The van der Waals surface area contributed by atoms with Gasteiger partial charge in [0.15, 0.2) is 0 Å². The van der Waals surface area contributed by atoms with Crippen LogP contribution in [0.2, 0.25) is 0 Å². The van der Waals surface area contributed by atoms with Crippen molar-refractivity contribution >= 4 is 5.97 Å². The maximum Gasteiger partial charge on any atom is 0.303 e. The van der Waals surface area contributed by atoms with E-state index in [0.717, 1.165) is 0 Å². The molecule has 0 fully saturated rings. The number of carboxylic acid groups (broad SMARTS) is 1. The lowest BCUT2D eigenvalue weighted by Crippen LogP contribution is -1.86. The van der Waals surface area contributed by atoms with Crippen molar-refractivity contribution in [2.45, 2.75) is 20.8 Å². The molecule has 0 saturated carbocycles. The molecule has 0 rings (SSSR count). The van der Waals surface area contributed by atoms with E-state index < -0.39 is 5.97 Å². The number of carboxylic acids is 1. The van der Waals surface area contributed by atoms with Crippen LogP contribution in [0.3, 0.4) is 0 Å². The standard InChI is InChI=1S/C3H6O2.CH4/c1-2-3(4)5;/h2H2,1H3,(H,4,5);1H4. The van der Waals surface area contributed by atoms with Gasteiger partial charge in [-0.05, 0) is 0 Å². The average Bonchev–Trinajstić information content (AvgIpc) is 1.38. The Labute approximate surface area is 37.8 Å². The minimum absolute atomic E-state index is 0.